The molecule has 1 saturated carbocycles. The summed E-state index contributed by atoms with van der Waals surface area (Å²) < 4.78 is 32.2. The molecule has 1 aromatic carbocycles. The van der Waals surface area contributed by atoms with E-state index in [1.807, 2.05) is 0 Å². The smallest absolute Gasteiger partial charge is 0.192 e. The maximum atomic E-state index is 13.6. The fraction of sp³-hybridized carbons (Fsp3) is 0.429. The normalized spacial score (nSPS) is 13.9. The Morgan fingerprint density at radius 3 is 2.56 bits per heavy atom. The highest BCUT2D eigenvalue weighted by molar-refractivity contribution is 5.31. The molecule has 0 unspecified atom stereocenters. The van der Waals surface area contributed by atoms with E-state index >= 15 is 0 Å². The molecule has 96 valence electrons. The van der Waals surface area contributed by atoms with Crippen molar-refractivity contribution in [3.63, 3.8) is 0 Å². The molecule has 0 heterocycles. The first-order valence-corrected chi connectivity index (χ1v) is 5.94. The van der Waals surface area contributed by atoms with Gasteiger partial charge < -0.3 is 10.1 Å². The molecule has 0 aromatic heterocycles. The van der Waals surface area contributed by atoms with E-state index in [1.165, 1.54) is 12.1 Å². The maximum Gasteiger partial charge on any atom is 0.192 e. The zero-order valence-electron chi connectivity index (χ0n) is 10.2. The third-order valence-electron chi connectivity index (χ3n) is 2.70. The predicted molar refractivity (Wildman–Crippen MR) is 65.2 cm³/mol. The number of halogens is 2. The van der Waals surface area contributed by atoms with Gasteiger partial charge in [0, 0.05) is 12.6 Å². The maximum absolute atomic E-state index is 13.6. The zero-order valence-corrected chi connectivity index (χ0v) is 10.2. The monoisotopic (exact) mass is 251 g/mol. The summed E-state index contributed by atoms with van der Waals surface area (Å²) in [5.74, 6) is 3.48. The number of rotatable bonds is 5. The molecule has 0 atom stereocenters. The molecular formula is C14H15F2NO. The first-order chi connectivity index (χ1) is 8.70. The van der Waals surface area contributed by atoms with Gasteiger partial charge in [-0.15, -0.1) is 5.92 Å². The van der Waals surface area contributed by atoms with Gasteiger partial charge in [-0.05, 0) is 37.5 Å². The lowest BCUT2D eigenvalue weighted by molar-refractivity contribution is 0.325. The lowest BCUT2D eigenvalue weighted by Gasteiger charge is -2.08. The van der Waals surface area contributed by atoms with Gasteiger partial charge in [0.05, 0.1) is 0 Å². The van der Waals surface area contributed by atoms with Crippen LogP contribution in [0.25, 0.3) is 0 Å². The van der Waals surface area contributed by atoms with E-state index in [9.17, 15) is 8.78 Å². The molecule has 0 saturated heterocycles. The summed E-state index contributed by atoms with van der Waals surface area (Å²) in [4.78, 5) is 0. The van der Waals surface area contributed by atoms with Crippen LogP contribution in [0.3, 0.4) is 0 Å². The summed E-state index contributed by atoms with van der Waals surface area (Å²) in [5, 5.41) is 3.20. The van der Waals surface area contributed by atoms with E-state index in [0.29, 0.717) is 18.2 Å². The van der Waals surface area contributed by atoms with Crippen molar-refractivity contribution in [3.8, 4) is 17.6 Å². The molecular weight excluding hydrogens is 236 g/mol. The third kappa shape index (κ3) is 3.44. The summed E-state index contributed by atoms with van der Waals surface area (Å²) in [6.45, 7) is 2.11. The summed E-state index contributed by atoms with van der Waals surface area (Å²) >= 11 is 0. The number of ether oxygens (including phenoxy) is 1. The van der Waals surface area contributed by atoms with Crippen LogP contribution in [0.5, 0.6) is 5.75 Å². The molecule has 0 bridgehead atoms. The first kappa shape index (κ1) is 12.8. The molecule has 0 aliphatic heterocycles. The standard InChI is InChI=1S/C14H15F2NO/c1-2-3-6-18-14-12(15)7-10(8-13(14)16)9-17-11-4-5-11/h7-8,11,17H,4-6,9H2,1H3. The highest BCUT2D eigenvalue weighted by Crippen LogP contribution is 2.24. The second kappa shape index (κ2) is 5.83. The van der Waals surface area contributed by atoms with Crippen LogP contribution in [0.2, 0.25) is 0 Å². The van der Waals surface area contributed by atoms with Crippen molar-refractivity contribution in [2.24, 2.45) is 0 Å². The zero-order chi connectivity index (χ0) is 13.0. The Hall–Kier alpha value is -1.60. The summed E-state index contributed by atoms with van der Waals surface area (Å²) in [7, 11) is 0. The van der Waals surface area contributed by atoms with Gasteiger partial charge in [0.25, 0.3) is 0 Å². The highest BCUT2D eigenvalue weighted by atomic mass is 19.1. The van der Waals surface area contributed by atoms with Crippen LogP contribution in [-0.2, 0) is 6.54 Å². The summed E-state index contributed by atoms with van der Waals surface area (Å²) in [5.41, 5.74) is 0.589. The van der Waals surface area contributed by atoms with Gasteiger partial charge in [0.1, 0.15) is 6.61 Å². The molecule has 1 aromatic rings. The van der Waals surface area contributed by atoms with Crippen molar-refractivity contribution < 1.29 is 13.5 Å². The van der Waals surface area contributed by atoms with Crippen molar-refractivity contribution in [2.45, 2.75) is 32.4 Å². The van der Waals surface area contributed by atoms with Gasteiger partial charge in [0.2, 0.25) is 0 Å². The van der Waals surface area contributed by atoms with E-state index in [2.05, 4.69) is 17.2 Å². The minimum atomic E-state index is -0.680. The van der Waals surface area contributed by atoms with Gasteiger partial charge in [-0.1, -0.05) is 5.92 Å². The van der Waals surface area contributed by atoms with Gasteiger partial charge in [-0.2, -0.15) is 0 Å². The van der Waals surface area contributed by atoms with Crippen molar-refractivity contribution >= 4 is 0 Å². The van der Waals surface area contributed by atoms with Crippen molar-refractivity contribution in [1.82, 2.24) is 5.32 Å². The topological polar surface area (TPSA) is 21.3 Å². The quantitative estimate of drug-likeness (QED) is 0.812. The van der Waals surface area contributed by atoms with Crippen LogP contribution in [0, 0.1) is 23.5 Å². The highest BCUT2D eigenvalue weighted by Gasteiger charge is 2.20. The van der Waals surface area contributed by atoms with Crippen molar-refractivity contribution in [3.05, 3.63) is 29.3 Å². The Kier molecular flexibility index (Phi) is 4.16. The van der Waals surface area contributed by atoms with Crippen molar-refractivity contribution in [1.29, 1.82) is 0 Å². The lowest BCUT2D eigenvalue weighted by atomic mass is 10.2. The fourth-order valence-electron chi connectivity index (χ4n) is 1.58. The molecule has 2 rings (SSSR count). The van der Waals surface area contributed by atoms with Crippen LogP contribution in [0.1, 0.15) is 25.3 Å². The minimum Gasteiger partial charge on any atom is -0.475 e. The average molecular weight is 251 g/mol. The molecule has 1 fully saturated rings. The molecule has 1 N–H and O–H groups in total. The molecule has 0 amide bonds. The second-order valence-corrected chi connectivity index (χ2v) is 4.26. The van der Waals surface area contributed by atoms with Crippen LogP contribution in [-0.4, -0.2) is 12.6 Å². The predicted octanol–water partition coefficient (Wildman–Crippen LogP) is 2.62. The number of hydrogen-bond donors (Lipinski definition) is 1. The van der Waals surface area contributed by atoms with E-state index in [0.717, 1.165) is 12.8 Å². The molecule has 0 spiro atoms. The number of benzene rings is 1. The average Bonchev–Trinajstić information content (AvgIpc) is 3.14. The van der Waals surface area contributed by atoms with Crippen LogP contribution >= 0.6 is 0 Å². The summed E-state index contributed by atoms with van der Waals surface area (Å²) in [6.07, 6.45) is 2.28. The van der Waals surface area contributed by atoms with E-state index < -0.39 is 11.6 Å². The van der Waals surface area contributed by atoms with Crippen molar-refractivity contribution in [2.75, 3.05) is 6.61 Å². The van der Waals surface area contributed by atoms with E-state index in [1.54, 1.807) is 6.92 Å². The molecule has 4 heteroatoms. The van der Waals surface area contributed by atoms with E-state index in [-0.39, 0.29) is 12.4 Å². The third-order valence-corrected chi connectivity index (χ3v) is 2.70. The Morgan fingerprint density at radius 1 is 1.33 bits per heavy atom. The Morgan fingerprint density at radius 2 is 2.00 bits per heavy atom. The Bertz CT molecular complexity index is 463. The number of nitrogens with one attached hydrogen (secondary N) is 1. The van der Waals surface area contributed by atoms with Gasteiger partial charge in [-0.3, -0.25) is 0 Å². The van der Waals surface area contributed by atoms with Gasteiger partial charge in [0.15, 0.2) is 17.4 Å². The Labute approximate surface area is 105 Å². The van der Waals surface area contributed by atoms with Crippen LogP contribution in [0.4, 0.5) is 8.78 Å². The second-order valence-electron chi connectivity index (χ2n) is 4.26. The SMILES string of the molecule is CC#CCOc1c(F)cc(CNC2CC2)cc1F. The molecule has 0 radical (unpaired) electrons. The first-order valence-electron chi connectivity index (χ1n) is 5.94. The van der Waals surface area contributed by atoms with Crippen LogP contribution < -0.4 is 10.1 Å². The van der Waals surface area contributed by atoms with E-state index in [4.69, 9.17) is 4.74 Å². The Balaban J connectivity index is 2.03. The molecule has 2 nitrogen and oxygen atoms in total. The minimum absolute atomic E-state index is 0.00991. The number of hydrogen-bond acceptors (Lipinski definition) is 2. The largest absolute Gasteiger partial charge is 0.475 e. The van der Waals surface area contributed by atoms with Gasteiger partial charge >= 0.3 is 0 Å². The molecule has 18 heavy (non-hydrogen) atoms. The fourth-order valence-corrected chi connectivity index (χ4v) is 1.58. The lowest BCUT2D eigenvalue weighted by Crippen LogP contribution is -2.15. The summed E-state index contributed by atoms with van der Waals surface area (Å²) in [6, 6.07) is 3.10. The molecule has 1 aliphatic rings. The van der Waals surface area contributed by atoms with Crippen LogP contribution in [0.15, 0.2) is 12.1 Å². The van der Waals surface area contributed by atoms with Gasteiger partial charge in [-0.25, -0.2) is 8.78 Å². The molecule has 1 aliphatic carbocycles.